The van der Waals surface area contributed by atoms with Crippen LogP contribution in [0.3, 0.4) is 0 Å². The Morgan fingerprint density at radius 3 is 2.42 bits per heavy atom. The van der Waals surface area contributed by atoms with Gasteiger partial charge in [-0.1, -0.05) is 19.1 Å². The zero-order valence-corrected chi connectivity index (χ0v) is 18.7. The molecule has 1 aromatic heterocycles. The van der Waals surface area contributed by atoms with Crippen molar-refractivity contribution in [2.75, 3.05) is 11.9 Å². The fraction of sp³-hybridized carbons (Fsp3) is 0.360. The third kappa shape index (κ3) is 4.83. The Labute approximate surface area is 183 Å². The maximum absolute atomic E-state index is 11.9. The summed E-state index contributed by atoms with van der Waals surface area (Å²) in [6, 6.07) is 15.9. The first-order chi connectivity index (χ1) is 14.8. The summed E-state index contributed by atoms with van der Waals surface area (Å²) in [6.07, 6.45) is 0.255. The molecule has 0 radical (unpaired) electrons. The van der Waals surface area contributed by atoms with Gasteiger partial charge in [0.2, 0.25) is 0 Å². The van der Waals surface area contributed by atoms with Crippen LogP contribution in [0.4, 0.5) is 10.5 Å². The monoisotopic (exact) mass is 419 g/mol. The van der Waals surface area contributed by atoms with Gasteiger partial charge in [-0.3, -0.25) is 5.32 Å². The van der Waals surface area contributed by atoms with E-state index in [0.29, 0.717) is 17.9 Å². The summed E-state index contributed by atoms with van der Waals surface area (Å²) >= 11 is 0. The largest absolute Gasteiger partial charge is 0.494 e. The summed E-state index contributed by atoms with van der Waals surface area (Å²) in [6.45, 7) is 10.5. The van der Waals surface area contributed by atoms with Gasteiger partial charge in [-0.05, 0) is 63.9 Å². The van der Waals surface area contributed by atoms with E-state index in [1.54, 1.807) is 13.8 Å². The van der Waals surface area contributed by atoms with Crippen LogP contribution in [-0.4, -0.2) is 23.4 Å². The molecule has 0 atom stereocenters. The molecule has 3 aromatic rings. The minimum Gasteiger partial charge on any atom is -0.494 e. The SMILES string of the molecule is CCCOc1ccc2c(C#N)c(-c3ccc(NC(=O)OC(C)C)cc3)n(C(C)C)c2c1. The summed E-state index contributed by atoms with van der Waals surface area (Å²) < 4.78 is 13.1. The molecule has 1 N–H and O–H groups in total. The molecule has 0 aliphatic carbocycles. The summed E-state index contributed by atoms with van der Waals surface area (Å²) in [7, 11) is 0. The zero-order valence-electron chi connectivity index (χ0n) is 18.7. The van der Waals surface area contributed by atoms with Crippen LogP contribution in [-0.2, 0) is 4.74 Å². The predicted octanol–water partition coefficient (Wildman–Crippen LogP) is 6.51. The molecule has 0 saturated heterocycles. The standard InChI is InChI=1S/C25H29N3O3/c1-6-13-30-20-11-12-21-22(15-26)24(28(16(2)3)23(21)14-20)18-7-9-19(10-8-18)27-25(29)31-17(4)5/h7-12,14,16-17H,6,13H2,1-5H3,(H,27,29). The predicted molar refractivity (Wildman–Crippen MR) is 123 cm³/mol. The van der Waals surface area contributed by atoms with Crippen molar-refractivity contribution >= 4 is 22.7 Å². The lowest BCUT2D eigenvalue weighted by molar-refractivity contribution is 0.130. The first-order valence-electron chi connectivity index (χ1n) is 10.6. The normalized spacial score (nSPS) is 11.0. The quantitative estimate of drug-likeness (QED) is 0.474. The number of anilines is 1. The molecule has 0 bridgehead atoms. The molecule has 6 nitrogen and oxygen atoms in total. The Balaban J connectivity index is 2.05. The van der Waals surface area contributed by atoms with Gasteiger partial charge in [-0.15, -0.1) is 0 Å². The smallest absolute Gasteiger partial charge is 0.411 e. The van der Waals surface area contributed by atoms with Crippen LogP contribution in [0, 0.1) is 11.3 Å². The fourth-order valence-electron chi connectivity index (χ4n) is 3.61. The third-order valence-electron chi connectivity index (χ3n) is 4.82. The van der Waals surface area contributed by atoms with Gasteiger partial charge in [0.25, 0.3) is 0 Å². The summed E-state index contributed by atoms with van der Waals surface area (Å²) in [4.78, 5) is 11.9. The van der Waals surface area contributed by atoms with E-state index in [1.807, 2.05) is 42.5 Å². The molecule has 0 aliphatic heterocycles. The van der Waals surface area contributed by atoms with Crippen molar-refractivity contribution in [3.8, 4) is 23.1 Å². The second-order valence-electron chi connectivity index (χ2n) is 7.98. The summed E-state index contributed by atoms with van der Waals surface area (Å²) in [5.74, 6) is 0.799. The number of ether oxygens (including phenoxy) is 2. The highest BCUT2D eigenvalue weighted by Gasteiger charge is 2.21. The van der Waals surface area contributed by atoms with Gasteiger partial charge < -0.3 is 14.0 Å². The molecule has 0 saturated carbocycles. The van der Waals surface area contributed by atoms with Gasteiger partial charge in [0.15, 0.2) is 0 Å². The van der Waals surface area contributed by atoms with E-state index in [4.69, 9.17) is 9.47 Å². The molecule has 1 heterocycles. The van der Waals surface area contributed by atoms with E-state index in [9.17, 15) is 10.1 Å². The van der Waals surface area contributed by atoms with Crippen LogP contribution < -0.4 is 10.1 Å². The second kappa shape index (κ2) is 9.57. The number of benzene rings is 2. The van der Waals surface area contributed by atoms with Gasteiger partial charge in [0, 0.05) is 23.2 Å². The van der Waals surface area contributed by atoms with Crippen molar-refractivity contribution in [2.45, 2.75) is 53.2 Å². The molecule has 1 amide bonds. The number of carbonyl (C=O) groups is 1. The number of nitrogens with one attached hydrogen (secondary N) is 1. The molecule has 31 heavy (non-hydrogen) atoms. The van der Waals surface area contributed by atoms with Gasteiger partial charge in [0.1, 0.15) is 11.8 Å². The van der Waals surface area contributed by atoms with E-state index >= 15 is 0 Å². The average molecular weight is 420 g/mol. The molecular formula is C25H29N3O3. The summed E-state index contributed by atoms with van der Waals surface area (Å²) in [5, 5.41) is 13.6. The molecule has 0 spiro atoms. The maximum Gasteiger partial charge on any atom is 0.411 e. The lowest BCUT2D eigenvalue weighted by Crippen LogP contribution is -2.17. The van der Waals surface area contributed by atoms with E-state index in [0.717, 1.165) is 34.3 Å². The van der Waals surface area contributed by atoms with Gasteiger partial charge in [0.05, 0.1) is 29.5 Å². The number of amides is 1. The van der Waals surface area contributed by atoms with Crippen molar-refractivity contribution in [3.63, 3.8) is 0 Å². The molecule has 6 heteroatoms. The lowest BCUT2D eigenvalue weighted by atomic mass is 10.1. The molecular weight excluding hydrogens is 390 g/mol. The minimum atomic E-state index is -0.489. The first-order valence-corrected chi connectivity index (χ1v) is 10.6. The number of aromatic nitrogens is 1. The molecule has 0 aliphatic rings. The Kier molecular flexibility index (Phi) is 6.86. The van der Waals surface area contributed by atoms with Gasteiger partial charge in [-0.2, -0.15) is 5.26 Å². The molecule has 0 unspecified atom stereocenters. The van der Waals surface area contributed by atoms with Crippen molar-refractivity contribution < 1.29 is 14.3 Å². The Bertz CT molecular complexity index is 1110. The highest BCUT2D eigenvalue weighted by Crippen LogP contribution is 2.38. The number of carbonyl (C=O) groups excluding carboxylic acids is 1. The van der Waals surface area contributed by atoms with Crippen LogP contribution in [0.15, 0.2) is 42.5 Å². The molecule has 0 fully saturated rings. The van der Waals surface area contributed by atoms with Gasteiger partial charge >= 0.3 is 6.09 Å². The van der Waals surface area contributed by atoms with E-state index in [2.05, 4.69) is 36.7 Å². The number of nitriles is 1. The van der Waals surface area contributed by atoms with Crippen LogP contribution in [0.1, 0.15) is 52.6 Å². The molecule has 162 valence electrons. The van der Waals surface area contributed by atoms with Gasteiger partial charge in [-0.25, -0.2) is 4.79 Å². The molecule has 3 rings (SSSR count). The molecule has 2 aromatic carbocycles. The average Bonchev–Trinajstić information content (AvgIpc) is 3.05. The minimum absolute atomic E-state index is 0.139. The van der Waals surface area contributed by atoms with Crippen LogP contribution >= 0.6 is 0 Å². The van der Waals surface area contributed by atoms with Crippen LogP contribution in [0.25, 0.3) is 22.2 Å². The Hall–Kier alpha value is -3.46. The van der Waals surface area contributed by atoms with E-state index in [-0.39, 0.29) is 12.1 Å². The van der Waals surface area contributed by atoms with E-state index < -0.39 is 6.09 Å². The number of rotatable bonds is 7. The van der Waals surface area contributed by atoms with Crippen molar-refractivity contribution in [2.24, 2.45) is 0 Å². The van der Waals surface area contributed by atoms with Crippen molar-refractivity contribution in [1.82, 2.24) is 4.57 Å². The Morgan fingerprint density at radius 2 is 1.84 bits per heavy atom. The fourth-order valence-corrected chi connectivity index (χ4v) is 3.61. The highest BCUT2D eigenvalue weighted by molar-refractivity contribution is 5.95. The van der Waals surface area contributed by atoms with E-state index in [1.165, 1.54) is 0 Å². The second-order valence-corrected chi connectivity index (χ2v) is 7.98. The van der Waals surface area contributed by atoms with Crippen molar-refractivity contribution in [1.29, 1.82) is 5.26 Å². The van der Waals surface area contributed by atoms with Crippen LogP contribution in [0.5, 0.6) is 5.75 Å². The topological polar surface area (TPSA) is 76.3 Å². The number of fused-ring (bicyclic) bond motifs is 1. The maximum atomic E-state index is 11.9. The number of hydrogen-bond donors (Lipinski definition) is 1. The lowest BCUT2D eigenvalue weighted by Gasteiger charge is -2.16. The number of hydrogen-bond acceptors (Lipinski definition) is 4. The van der Waals surface area contributed by atoms with Crippen LogP contribution in [0.2, 0.25) is 0 Å². The van der Waals surface area contributed by atoms with Crippen molar-refractivity contribution in [3.05, 3.63) is 48.0 Å². The third-order valence-corrected chi connectivity index (χ3v) is 4.82. The number of nitrogens with zero attached hydrogens (tertiary/aromatic N) is 2. The summed E-state index contributed by atoms with van der Waals surface area (Å²) in [5.41, 5.74) is 4.00. The zero-order chi connectivity index (χ0) is 22.5. The first kappa shape index (κ1) is 22.2. The Morgan fingerprint density at radius 1 is 1.13 bits per heavy atom. The highest BCUT2D eigenvalue weighted by atomic mass is 16.6.